The largest absolute Gasteiger partial charge is 0.507 e. The normalized spacial score (nSPS) is 28.7. The topological polar surface area (TPSA) is 347 Å². The van der Waals surface area contributed by atoms with Crippen molar-refractivity contribution in [3.05, 3.63) is 244 Å². The smallest absolute Gasteiger partial charge is 0.234 e. The fourth-order valence-electron chi connectivity index (χ4n) is 18.0. The molecule has 2 aliphatic carbocycles. The molecule has 8 aromatic carbocycles. The standard InChI is InChI=1S/C29H28N2O5.C23H24O7.C13H12N2O.C13H20O5.C10H6O3.C8H8O.CH4/c1-28(2)16-13-32-25-24(33-27-26(25)35-29(3,4)36-27)19(16)20-22-21(30-17-11-7-8-12-18(17)31-22)14-9-5-6-10-15(14)23(20)34-28;1-22(2)12-9-26-19-18(27-21-20(19)29-23(3,4)30-21)13(12)14-16(25)15(24)10-7-5-6-8-11(10)17(14)28-22;14-11-7-6-10(8-12(11)15)13(16)9-4-2-1-3-5-9;1-8(2)5-6-15-10-9(7-14)16-12-11(10)17-13(3,4)18-12;11-8-5-9(12)10(13)7-4-2-1-3-6(7)8;1-7(9)8-5-3-2-4-6-8;/h5-12,16,19,24-27H,13H2,1-4H3;5-8,12-13,18-21H,9H2,1-4H3;1-8H,14-15H2;5,7,9-12H,6H2,1-4H3;1-5,11H;2-6H,1H3;1H4/t16-,19+,24+,25-,26+,27+;12-,13+,18+,19-,20+,21+;;9-,10+,11-,12-;;;/m00.1.../s1. The third kappa shape index (κ3) is 16.8. The summed E-state index contributed by atoms with van der Waals surface area (Å²) in [5.41, 5.74) is 21.0. The molecule has 10 aliphatic heterocycles. The zero-order valence-corrected chi connectivity index (χ0v) is 69.9. The van der Waals surface area contributed by atoms with E-state index in [1.165, 1.54) is 6.07 Å². The van der Waals surface area contributed by atoms with Crippen LogP contribution in [0, 0.1) is 17.8 Å². The van der Waals surface area contributed by atoms with Crippen LogP contribution in [-0.4, -0.2) is 178 Å². The Kier molecular flexibility index (Phi) is 24.0. The van der Waals surface area contributed by atoms with E-state index < -0.39 is 88.9 Å². The minimum atomic E-state index is -0.755. The van der Waals surface area contributed by atoms with Crippen LogP contribution in [0.15, 0.2) is 199 Å². The van der Waals surface area contributed by atoms with Crippen LogP contribution in [-0.2, 0) is 76.0 Å². The average molecular weight is 1680 g/mol. The number of rotatable bonds is 7. The van der Waals surface area contributed by atoms with Gasteiger partial charge in [0.15, 0.2) is 54.1 Å². The molecule has 0 amide bonds. The van der Waals surface area contributed by atoms with Gasteiger partial charge in [0.05, 0.1) is 71.0 Å². The summed E-state index contributed by atoms with van der Waals surface area (Å²) in [6.45, 7) is 26.4. The second-order valence-electron chi connectivity index (χ2n) is 34.6. The van der Waals surface area contributed by atoms with Gasteiger partial charge >= 0.3 is 0 Å². The number of para-hydroxylation sites is 2. The Balaban J connectivity index is 0.000000121. The number of nitrogens with zero attached hydrogens (tertiary/aromatic N) is 2. The molecule has 12 aliphatic rings. The number of allylic oxidation sites excluding steroid dienone is 2. The van der Waals surface area contributed by atoms with Gasteiger partial charge in [-0.1, -0.05) is 165 Å². The quantitative estimate of drug-likeness (QED) is 0.0254. The molecule has 21 rings (SSSR count). The number of hydrogen-bond donors (Lipinski definition) is 3. The van der Waals surface area contributed by atoms with E-state index >= 15 is 0 Å². The Hall–Kier alpha value is -11.0. The van der Waals surface area contributed by atoms with Crippen LogP contribution in [0.5, 0.6) is 5.75 Å². The van der Waals surface area contributed by atoms with E-state index in [1.54, 1.807) is 67.6 Å². The number of anilines is 2. The maximum absolute atomic E-state index is 13.3. The fraction of sp³-hybridized carbons (Fsp3) is 0.392. The van der Waals surface area contributed by atoms with Crippen molar-refractivity contribution in [2.45, 2.75) is 206 Å². The lowest BCUT2D eigenvalue weighted by Gasteiger charge is -2.51. The highest BCUT2D eigenvalue weighted by atomic mass is 16.9. The predicted molar refractivity (Wildman–Crippen MR) is 456 cm³/mol. The van der Waals surface area contributed by atoms with Crippen LogP contribution in [0.4, 0.5) is 11.4 Å². The van der Waals surface area contributed by atoms with Crippen LogP contribution >= 0.6 is 0 Å². The highest BCUT2D eigenvalue weighted by molar-refractivity contribution is 6.52. The van der Waals surface area contributed by atoms with Crippen molar-refractivity contribution in [2.24, 2.45) is 17.8 Å². The Morgan fingerprint density at radius 1 is 0.496 bits per heavy atom. The Labute approximate surface area is 712 Å². The number of aliphatic hydroxyl groups is 1. The zero-order chi connectivity index (χ0) is 86.4. The summed E-state index contributed by atoms with van der Waals surface area (Å²) in [7, 11) is 0. The predicted octanol–water partition coefficient (Wildman–Crippen LogP) is 14.9. The lowest BCUT2D eigenvalue weighted by molar-refractivity contribution is -0.246. The molecule has 8 saturated heterocycles. The molecule has 5 N–H and O–H groups in total. The SMILES string of the molecule is C.CC(=O)c1ccccc1.CC(C)=CCO[C@@H]1[C@H]2OC(C)(C)O[C@H]2O[C@@H]1C=O.CC1(C)O[C@H]2O[C@H]3[C@H](OC[C@H]4[C@@H]3C3=C(OC4(C)C)c4ccccc4C(=O)C3=O)[C@H]2O1.CC1(C)O[C@H]2O[C@H]3[C@H](OC[C@H]4[C@@H]3c3c(c5ccccc5c5nc6ccccc6nc35)OC4(C)C)[C@H]2O1.Nc1ccc(C(=O)c2ccccc2)cc1N.O=C1C=C(O)c2ccccc2C1=O. The molecular weight excluding hydrogens is 1570 g/mol. The van der Waals surface area contributed by atoms with Crippen LogP contribution < -0.4 is 16.2 Å². The van der Waals surface area contributed by atoms with Crippen LogP contribution in [0.2, 0.25) is 0 Å². The first-order valence-electron chi connectivity index (χ1n) is 40.9. The number of nitrogen functional groups attached to an aromatic ring is 2. The average Bonchev–Trinajstić information content (AvgIpc) is 1.66. The molecular formula is C97H102N4O22. The molecule has 26 nitrogen and oxygen atoms in total. The Morgan fingerprint density at radius 2 is 0.984 bits per heavy atom. The van der Waals surface area contributed by atoms with Crippen molar-refractivity contribution in [2.75, 3.05) is 31.3 Å². The van der Waals surface area contributed by atoms with Crippen LogP contribution in [0.25, 0.3) is 44.4 Å². The van der Waals surface area contributed by atoms with Gasteiger partial charge in [-0.2, -0.15) is 0 Å². The summed E-state index contributed by atoms with van der Waals surface area (Å²) in [6.07, 6.45) is -1.21. The number of carbonyl (C=O) groups is 7. The third-order valence-corrected chi connectivity index (χ3v) is 23.8. The van der Waals surface area contributed by atoms with E-state index in [0.717, 1.165) is 67.7 Å². The molecule has 0 unspecified atom stereocenters. The number of aliphatic hydroxyl groups excluding tert-OH is 1. The van der Waals surface area contributed by atoms with Crippen molar-refractivity contribution >= 4 is 96.7 Å². The highest BCUT2D eigenvalue weighted by Gasteiger charge is 2.67. The molecule has 0 radical (unpaired) electrons. The lowest BCUT2D eigenvalue weighted by Crippen LogP contribution is -2.59. The number of hydrogen-bond acceptors (Lipinski definition) is 26. The number of nitrogens with two attached hydrogens (primary N) is 2. The third-order valence-electron chi connectivity index (χ3n) is 23.8. The lowest BCUT2D eigenvalue weighted by atomic mass is 9.66. The first-order valence-corrected chi connectivity index (χ1v) is 40.9. The number of aldehydes is 1. The number of aromatic nitrogens is 2. The van der Waals surface area contributed by atoms with E-state index in [4.69, 9.17) is 87.8 Å². The van der Waals surface area contributed by atoms with Gasteiger partial charge in [0.2, 0.25) is 23.1 Å². The molecule has 9 aromatic rings. The number of Topliss-reactive ketones (excluding diaryl/α,β-unsaturated/α-hetero) is 4. The second-order valence-corrected chi connectivity index (χ2v) is 34.6. The molecule has 123 heavy (non-hydrogen) atoms. The second kappa shape index (κ2) is 33.9. The van der Waals surface area contributed by atoms with Crippen molar-refractivity contribution in [1.82, 2.24) is 9.97 Å². The Bertz CT molecular complexity index is 5740. The van der Waals surface area contributed by atoms with E-state index in [9.17, 15) is 38.7 Å². The number of benzene rings is 8. The molecule has 26 heteroatoms. The minimum absolute atomic E-state index is 0. The molecule has 1 aromatic heterocycles. The van der Waals surface area contributed by atoms with Crippen molar-refractivity contribution in [3.8, 4) is 5.75 Å². The number of fused-ring (bicyclic) bond motifs is 23. The summed E-state index contributed by atoms with van der Waals surface area (Å²) < 4.78 is 85.5. The zero-order valence-electron chi connectivity index (χ0n) is 69.9. The number of carbonyl (C=O) groups excluding carboxylic acids is 7. The minimum Gasteiger partial charge on any atom is -0.507 e. The molecule has 16 atom stereocenters. The monoisotopic (exact) mass is 1670 g/mol. The summed E-state index contributed by atoms with van der Waals surface area (Å²) >= 11 is 0. The van der Waals surface area contributed by atoms with Crippen molar-refractivity contribution in [1.29, 1.82) is 0 Å². The highest BCUT2D eigenvalue weighted by Crippen LogP contribution is 2.59. The first-order chi connectivity index (χ1) is 58.1. The summed E-state index contributed by atoms with van der Waals surface area (Å²) in [5, 5.41) is 11.4. The summed E-state index contributed by atoms with van der Waals surface area (Å²) in [6, 6.07) is 53.2. The fourth-order valence-corrected chi connectivity index (χ4v) is 18.0. The van der Waals surface area contributed by atoms with Crippen LogP contribution in [0.3, 0.4) is 0 Å². The van der Waals surface area contributed by atoms with Gasteiger partial charge in [-0.25, -0.2) is 9.97 Å². The van der Waals surface area contributed by atoms with Gasteiger partial charge in [0, 0.05) is 85.0 Å². The first kappa shape index (κ1) is 87.0. The van der Waals surface area contributed by atoms with Gasteiger partial charge in [-0.05, 0) is 120 Å². The van der Waals surface area contributed by atoms with E-state index in [-0.39, 0.29) is 90.6 Å². The molecule has 8 fully saturated rings. The molecule has 0 saturated carbocycles. The van der Waals surface area contributed by atoms with Crippen LogP contribution in [0.1, 0.15) is 167 Å². The van der Waals surface area contributed by atoms with E-state index in [2.05, 4.69) is 32.0 Å². The van der Waals surface area contributed by atoms with E-state index in [1.807, 2.05) is 166 Å². The molecule has 642 valence electrons. The molecule has 0 bridgehead atoms. The molecule has 0 spiro atoms. The number of ether oxygens (including phenoxy) is 14. The van der Waals surface area contributed by atoms with Gasteiger partial charge in [-0.3, -0.25) is 28.8 Å². The van der Waals surface area contributed by atoms with Gasteiger partial charge in [-0.15, -0.1) is 0 Å². The maximum Gasteiger partial charge on any atom is 0.234 e. The number of ketones is 6. The van der Waals surface area contributed by atoms with Crippen molar-refractivity contribution < 1.29 is 105 Å². The van der Waals surface area contributed by atoms with Gasteiger partial charge in [0.1, 0.15) is 71.2 Å². The van der Waals surface area contributed by atoms with E-state index in [0.29, 0.717) is 70.3 Å². The maximum atomic E-state index is 13.3. The summed E-state index contributed by atoms with van der Waals surface area (Å²) in [4.78, 5) is 92.4. The Morgan fingerprint density at radius 3 is 1.54 bits per heavy atom. The molecule has 11 heterocycles. The summed E-state index contributed by atoms with van der Waals surface area (Å²) in [5.74, 6) is -3.52. The van der Waals surface area contributed by atoms with Gasteiger partial charge in [0.25, 0.3) is 0 Å². The van der Waals surface area contributed by atoms with Gasteiger partial charge < -0.3 is 87.7 Å². The van der Waals surface area contributed by atoms with Crippen molar-refractivity contribution in [3.63, 3.8) is 0 Å².